The van der Waals surface area contributed by atoms with Gasteiger partial charge >= 0.3 is 5.69 Å². The number of nitrogens with two attached hydrogens (primary N) is 1. The molecular weight excluding hydrogens is 226 g/mol. The fourth-order valence-corrected chi connectivity index (χ4v) is 2.31. The van der Waals surface area contributed by atoms with Crippen molar-refractivity contribution in [3.8, 4) is 10.4 Å². The van der Waals surface area contributed by atoms with Crippen LogP contribution in [0.1, 0.15) is 4.88 Å². The minimum Gasteiger partial charge on any atom is -0.392 e. The minimum atomic E-state index is -0.471. The van der Waals surface area contributed by atoms with E-state index in [2.05, 4.69) is 4.98 Å². The van der Waals surface area contributed by atoms with Gasteiger partial charge in [-0.3, -0.25) is 15.1 Å². The fourth-order valence-electron chi connectivity index (χ4n) is 1.43. The molecule has 16 heavy (non-hydrogen) atoms. The first-order valence-corrected chi connectivity index (χ1v) is 5.36. The molecule has 2 aromatic rings. The molecule has 82 valence electrons. The molecule has 0 aromatic carbocycles. The first-order valence-electron chi connectivity index (χ1n) is 4.54. The maximum absolute atomic E-state index is 10.9. The average Bonchev–Trinajstić information content (AvgIpc) is 2.63. The van der Waals surface area contributed by atoms with Gasteiger partial charge in [0.2, 0.25) is 0 Å². The number of rotatable bonds is 2. The van der Waals surface area contributed by atoms with Gasteiger partial charge in [-0.15, -0.1) is 11.3 Å². The van der Waals surface area contributed by atoms with Gasteiger partial charge in [-0.25, -0.2) is 0 Å². The summed E-state index contributed by atoms with van der Waals surface area (Å²) in [6.07, 6.45) is 2.77. The Labute approximate surface area is 95.7 Å². The SMILES string of the molecule is Cc1ccc(-c2cncc(N)c2[N+](=O)[O-])s1. The smallest absolute Gasteiger partial charge is 0.303 e. The van der Waals surface area contributed by atoms with Crippen LogP contribution >= 0.6 is 11.3 Å². The quantitative estimate of drug-likeness (QED) is 0.640. The molecule has 5 nitrogen and oxygen atoms in total. The lowest BCUT2D eigenvalue weighted by atomic mass is 10.2. The van der Waals surface area contributed by atoms with Gasteiger partial charge in [-0.2, -0.15) is 0 Å². The topological polar surface area (TPSA) is 82.0 Å². The molecule has 0 radical (unpaired) electrons. The van der Waals surface area contributed by atoms with Crippen molar-refractivity contribution < 1.29 is 4.92 Å². The molecule has 2 N–H and O–H groups in total. The summed E-state index contributed by atoms with van der Waals surface area (Å²) < 4.78 is 0. The Hall–Kier alpha value is -1.95. The summed E-state index contributed by atoms with van der Waals surface area (Å²) in [5.74, 6) is 0. The van der Waals surface area contributed by atoms with Gasteiger partial charge in [-0.1, -0.05) is 0 Å². The molecule has 2 aromatic heterocycles. The molecule has 0 amide bonds. The van der Waals surface area contributed by atoms with Crippen LogP contribution in [0.25, 0.3) is 10.4 Å². The number of aryl methyl sites for hydroxylation is 1. The lowest BCUT2D eigenvalue weighted by molar-refractivity contribution is -0.383. The number of nitro groups is 1. The first kappa shape index (κ1) is 10.6. The van der Waals surface area contributed by atoms with Crippen LogP contribution in [-0.4, -0.2) is 9.91 Å². The number of hydrogen-bond acceptors (Lipinski definition) is 5. The van der Waals surface area contributed by atoms with Crippen LogP contribution in [0.3, 0.4) is 0 Å². The highest BCUT2D eigenvalue weighted by atomic mass is 32.1. The monoisotopic (exact) mass is 235 g/mol. The second-order valence-electron chi connectivity index (χ2n) is 3.29. The lowest BCUT2D eigenvalue weighted by Gasteiger charge is -2.01. The number of hydrogen-bond donors (Lipinski definition) is 1. The molecule has 0 aliphatic heterocycles. The van der Waals surface area contributed by atoms with E-state index in [1.165, 1.54) is 23.7 Å². The molecule has 0 aliphatic carbocycles. The van der Waals surface area contributed by atoms with Crippen LogP contribution in [0.2, 0.25) is 0 Å². The van der Waals surface area contributed by atoms with Crippen LogP contribution in [-0.2, 0) is 0 Å². The summed E-state index contributed by atoms with van der Waals surface area (Å²) in [5, 5.41) is 10.9. The molecule has 6 heteroatoms. The van der Waals surface area contributed by atoms with Crippen LogP contribution in [0.15, 0.2) is 24.5 Å². The van der Waals surface area contributed by atoms with Gasteiger partial charge < -0.3 is 5.73 Å². The fraction of sp³-hybridized carbons (Fsp3) is 0.100. The van der Waals surface area contributed by atoms with Gasteiger partial charge in [0.25, 0.3) is 0 Å². The second-order valence-corrected chi connectivity index (χ2v) is 4.58. The number of anilines is 1. The highest BCUT2D eigenvalue weighted by Gasteiger charge is 2.20. The number of pyridine rings is 1. The number of nitrogens with zero attached hydrogens (tertiary/aromatic N) is 2. The Balaban J connectivity index is 2.65. The Morgan fingerprint density at radius 2 is 2.19 bits per heavy atom. The van der Waals surface area contributed by atoms with E-state index in [0.717, 1.165) is 9.75 Å². The number of nitrogen functional groups attached to an aromatic ring is 1. The lowest BCUT2D eigenvalue weighted by Crippen LogP contribution is -1.98. The van der Waals surface area contributed by atoms with Crippen molar-refractivity contribution in [2.24, 2.45) is 0 Å². The number of thiophene rings is 1. The summed E-state index contributed by atoms with van der Waals surface area (Å²) in [4.78, 5) is 16.2. The van der Waals surface area contributed by atoms with Crippen molar-refractivity contribution >= 4 is 22.7 Å². The Morgan fingerprint density at radius 1 is 1.44 bits per heavy atom. The summed E-state index contributed by atoms with van der Waals surface area (Å²) in [7, 11) is 0. The van der Waals surface area contributed by atoms with E-state index in [1.54, 1.807) is 0 Å². The predicted molar refractivity (Wildman–Crippen MR) is 63.4 cm³/mol. The van der Waals surface area contributed by atoms with Crippen molar-refractivity contribution in [2.45, 2.75) is 6.92 Å². The van der Waals surface area contributed by atoms with E-state index in [1.807, 2.05) is 19.1 Å². The van der Waals surface area contributed by atoms with Crippen molar-refractivity contribution in [1.82, 2.24) is 4.98 Å². The third-order valence-electron chi connectivity index (χ3n) is 2.13. The van der Waals surface area contributed by atoms with Crippen molar-refractivity contribution in [2.75, 3.05) is 5.73 Å². The molecule has 0 unspecified atom stereocenters. The highest BCUT2D eigenvalue weighted by molar-refractivity contribution is 7.15. The molecule has 2 heterocycles. The first-order chi connectivity index (χ1) is 7.59. The van der Waals surface area contributed by atoms with Crippen LogP contribution in [0, 0.1) is 17.0 Å². The Morgan fingerprint density at radius 3 is 2.75 bits per heavy atom. The highest BCUT2D eigenvalue weighted by Crippen LogP contribution is 2.36. The van der Waals surface area contributed by atoms with E-state index in [-0.39, 0.29) is 11.4 Å². The zero-order valence-corrected chi connectivity index (χ0v) is 9.32. The summed E-state index contributed by atoms with van der Waals surface area (Å²) in [6, 6.07) is 3.75. The molecule has 0 saturated heterocycles. The standard InChI is InChI=1S/C10H9N3O2S/c1-6-2-3-9(16-6)7-4-12-5-8(11)10(7)13(14)15/h2-5H,11H2,1H3. The largest absolute Gasteiger partial charge is 0.392 e. The maximum Gasteiger partial charge on any atom is 0.303 e. The van der Waals surface area contributed by atoms with Crippen molar-refractivity contribution in [1.29, 1.82) is 0 Å². The van der Waals surface area contributed by atoms with E-state index < -0.39 is 4.92 Å². The van der Waals surface area contributed by atoms with Gasteiger partial charge in [0.1, 0.15) is 5.69 Å². The van der Waals surface area contributed by atoms with E-state index in [4.69, 9.17) is 5.73 Å². The normalized spacial score (nSPS) is 10.3. The minimum absolute atomic E-state index is 0.0724. The van der Waals surface area contributed by atoms with Crippen molar-refractivity contribution in [3.63, 3.8) is 0 Å². The molecule has 0 atom stereocenters. The van der Waals surface area contributed by atoms with Crippen molar-refractivity contribution in [3.05, 3.63) is 39.5 Å². The molecule has 0 saturated carbocycles. The van der Waals surface area contributed by atoms with E-state index >= 15 is 0 Å². The molecular formula is C10H9N3O2S. The third kappa shape index (κ3) is 1.74. The van der Waals surface area contributed by atoms with Gasteiger partial charge in [0.15, 0.2) is 0 Å². The molecule has 0 bridgehead atoms. The summed E-state index contributed by atoms with van der Waals surface area (Å²) >= 11 is 1.48. The Kier molecular flexibility index (Phi) is 2.57. The second kappa shape index (κ2) is 3.90. The summed E-state index contributed by atoms with van der Waals surface area (Å²) in [6.45, 7) is 1.94. The molecule has 0 fully saturated rings. The zero-order chi connectivity index (χ0) is 11.7. The predicted octanol–water partition coefficient (Wildman–Crippen LogP) is 2.61. The zero-order valence-electron chi connectivity index (χ0n) is 8.51. The van der Waals surface area contributed by atoms with Crippen LogP contribution in [0.4, 0.5) is 11.4 Å². The van der Waals surface area contributed by atoms with Crippen LogP contribution < -0.4 is 5.73 Å². The van der Waals surface area contributed by atoms with Gasteiger partial charge in [0.05, 0.1) is 16.7 Å². The van der Waals surface area contributed by atoms with E-state index in [9.17, 15) is 10.1 Å². The van der Waals surface area contributed by atoms with E-state index in [0.29, 0.717) is 5.56 Å². The average molecular weight is 235 g/mol. The molecule has 2 rings (SSSR count). The van der Waals surface area contributed by atoms with Gasteiger partial charge in [0, 0.05) is 16.0 Å². The molecule has 0 aliphatic rings. The van der Waals surface area contributed by atoms with Crippen LogP contribution in [0.5, 0.6) is 0 Å². The number of aromatic nitrogens is 1. The molecule has 0 spiro atoms. The Bertz CT molecular complexity index is 551. The van der Waals surface area contributed by atoms with Gasteiger partial charge in [-0.05, 0) is 19.1 Å². The summed E-state index contributed by atoms with van der Waals surface area (Å²) in [5.41, 5.74) is 6.06. The third-order valence-corrected chi connectivity index (χ3v) is 3.17. The maximum atomic E-state index is 10.9.